The highest BCUT2D eigenvalue weighted by molar-refractivity contribution is 7.96. The molecule has 0 atom stereocenters. The van der Waals surface area contributed by atoms with Gasteiger partial charge in [0.15, 0.2) is 12.1 Å². The quantitative estimate of drug-likeness (QED) is 0.245. The molecule has 3 nitrogen and oxygen atoms in total. The number of halogens is 1. The molecule has 16 heavy (non-hydrogen) atoms. The fourth-order valence-electron chi connectivity index (χ4n) is 2.29. The summed E-state index contributed by atoms with van der Waals surface area (Å²) in [4.78, 5) is 3.09. The summed E-state index contributed by atoms with van der Waals surface area (Å²) in [5.74, 6) is 0. The molecule has 0 unspecified atom stereocenters. The predicted molar refractivity (Wildman–Crippen MR) is 71.3 cm³/mol. The number of hydrogen-bond donors (Lipinski definition) is 0. The zero-order valence-corrected chi connectivity index (χ0v) is 11.8. The first-order chi connectivity index (χ1) is 7.29. The highest BCUT2D eigenvalue weighted by atomic mass is 35.5. The number of nitrogens with zero attached hydrogens (tertiary/aromatic N) is 3. The van der Waals surface area contributed by atoms with Gasteiger partial charge in [-0.05, 0) is 47.0 Å². The second-order valence-electron chi connectivity index (χ2n) is 5.33. The normalized spacial score (nSPS) is 25.1. The van der Waals surface area contributed by atoms with Crippen LogP contribution in [-0.4, -0.2) is 20.7 Å². The van der Waals surface area contributed by atoms with Crippen LogP contribution in [0.25, 0.3) is 4.85 Å². The molecule has 1 rings (SSSR count). The van der Waals surface area contributed by atoms with Crippen molar-refractivity contribution in [1.29, 1.82) is 0 Å². The molecular formula is C11H18ClN3S. The van der Waals surface area contributed by atoms with Gasteiger partial charge in [0.1, 0.15) is 0 Å². The van der Waals surface area contributed by atoms with Crippen LogP contribution in [-0.2, 0) is 0 Å². The van der Waals surface area contributed by atoms with Crippen molar-refractivity contribution in [1.82, 2.24) is 4.31 Å². The van der Waals surface area contributed by atoms with Crippen molar-refractivity contribution >= 4 is 29.0 Å². The van der Waals surface area contributed by atoms with Crippen molar-refractivity contribution in [2.75, 3.05) is 0 Å². The van der Waals surface area contributed by atoms with Crippen LogP contribution in [0.5, 0.6) is 0 Å². The molecule has 0 N–H and O–H groups in total. The lowest BCUT2D eigenvalue weighted by molar-refractivity contribution is 0.0678. The Labute approximate surface area is 107 Å². The topological polar surface area (TPSA) is 20.0 Å². The molecule has 1 aliphatic rings. The van der Waals surface area contributed by atoms with Crippen LogP contribution in [0.4, 0.5) is 0 Å². The summed E-state index contributed by atoms with van der Waals surface area (Å²) in [6, 6.07) is 0. The van der Waals surface area contributed by atoms with Crippen LogP contribution in [0.3, 0.4) is 0 Å². The van der Waals surface area contributed by atoms with E-state index in [1.165, 1.54) is 18.6 Å². The third-order valence-corrected chi connectivity index (χ3v) is 4.64. The Morgan fingerprint density at radius 1 is 1.31 bits per heavy atom. The Morgan fingerprint density at radius 3 is 2.25 bits per heavy atom. The molecule has 0 aromatic rings. The maximum absolute atomic E-state index is 6.75. The molecule has 0 radical (unpaired) electrons. The van der Waals surface area contributed by atoms with E-state index in [2.05, 4.69) is 41.2 Å². The third-order valence-electron chi connectivity index (χ3n) is 2.97. The lowest BCUT2D eigenvalue weighted by Gasteiger charge is -2.49. The molecule has 5 heteroatoms. The van der Waals surface area contributed by atoms with Crippen LogP contribution < -0.4 is 0 Å². The maximum atomic E-state index is 6.75. The highest BCUT2D eigenvalue weighted by Crippen LogP contribution is 2.43. The van der Waals surface area contributed by atoms with Gasteiger partial charge in [0.2, 0.25) is 0 Å². The molecule has 0 spiro atoms. The lowest BCUT2D eigenvalue weighted by atomic mass is 9.83. The smallest absolute Gasteiger partial charge is 0.350 e. The highest BCUT2D eigenvalue weighted by Gasteiger charge is 2.43. The molecule has 0 aromatic carbocycles. The fourth-order valence-corrected chi connectivity index (χ4v) is 3.20. The summed E-state index contributed by atoms with van der Waals surface area (Å²) in [6.45, 7) is 15.6. The summed E-state index contributed by atoms with van der Waals surface area (Å²) in [6.07, 6.45) is 3.53. The standard InChI is InChI=1S/C11H18ClN3S/c1-10(2)7-6-8-11(3,4)15(10)16-14-9(12)13-5/h6-8H2,1-4H3/b14-9-. The first kappa shape index (κ1) is 13.8. The van der Waals surface area contributed by atoms with Gasteiger partial charge in [-0.3, -0.25) is 0 Å². The van der Waals surface area contributed by atoms with Crippen LogP contribution in [0.2, 0.25) is 0 Å². The van der Waals surface area contributed by atoms with Gasteiger partial charge in [0, 0.05) is 11.1 Å². The van der Waals surface area contributed by atoms with Gasteiger partial charge in [-0.2, -0.15) is 4.31 Å². The van der Waals surface area contributed by atoms with Gasteiger partial charge in [-0.1, -0.05) is 22.6 Å². The van der Waals surface area contributed by atoms with Crippen LogP contribution in [0.15, 0.2) is 4.40 Å². The van der Waals surface area contributed by atoms with Crippen molar-refractivity contribution in [2.45, 2.75) is 58.0 Å². The van der Waals surface area contributed by atoms with E-state index in [1.54, 1.807) is 0 Å². The summed E-state index contributed by atoms with van der Waals surface area (Å²) in [5, 5.41) is -0.0119. The first-order valence-corrected chi connectivity index (χ1v) is 6.49. The van der Waals surface area contributed by atoms with Crippen molar-refractivity contribution in [3.63, 3.8) is 0 Å². The Kier molecular flexibility index (Phi) is 4.28. The molecule has 0 aliphatic carbocycles. The van der Waals surface area contributed by atoms with Crippen molar-refractivity contribution in [3.05, 3.63) is 11.4 Å². The van der Waals surface area contributed by atoms with E-state index in [4.69, 9.17) is 18.2 Å². The summed E-state index contributed by atoms with van der Waals surface area (Å²) in [7, 11) is 0. The molecular weight excluding hydrogens is 242 g/mol. The third kappa shape index (κ3) is 3.13. The van der Waals surface area contributed by atoms with Crippen molar-refractivity contribution < 1.29 is 0 Å². The van der Waals surface area contributed by atoms with Gasteiger partial charge in [-0.25, -0.2) is 0 Å². The Balaban J connectivity index is 2.84. The van der Waals surface area contributed by atoms with E-state index in [-0.39, 0.29) is 16.4 Å². The Morgan fingerprint density at radius 2 is 1.81 bits per heavy atom. The zero-order chi connectivity index (χ0) is 12.4. The van der Waals surface area contributed by atoms with E-state index in [0.717, 1.165) is 12.8 Å². The SMILES string of the molecule is [C-]#[N+]/C(Cl)=N\SN1C(C)(C)CCCC1(C)C. The molecule has 0 saturated carbocycles. The van der Waals surface area contributed by atoms with E-state index in [9.17, 15) is 0 Å². The Hall–Kier alpha value is -0.240. The van der Waals surface area contributed by atoms with Crippen molar-refractivity contribution in [3.8, 4) is 0 Å². The Bertz CT molecular complexity index is 315. The molecule has 0 bridgehead atoms. The second-order valence-corrected chi connectivity index (χ2v) is 6.38. The fraction of sp³-hybridized carbons (Fsp3) is 0.818. The van der Waals surface area contributed by atoms with Gasteiger partial charge < -0.3 is 4.85 Å². The molecule has 1 aliphatic heterocycles. The van der Waals surface area contributed by atoms with Gasteiger partial charge in [-0.15, -0.1) is 0 Å². The predicted octanol–water partition coefficient (Wildman–Crippen LogP) is 4.11. The summed E-state index contributed by atoms with van der Waals surface area (Å²) >= 11 is 6.94. The van der Waals surface area contributed by atoms with Gasteiger partial charge >= 0.3 is 5.29 Å². The average molecular weight is 260 g/mol. The van der Waals surface area contributed by atoms with Crippen molar-refractivity contribution in [2.24, 2.45) is 4.40 Å². The van der Waals surface area contributed by atoms with E-state index in [0.29, 0.717) is 0 Å². The van der Waals surface area contributed by atoms with E-state index in [1.807, 2.05) is 0 Å². The molecule has 1 fully saturated rings. The molecule has 1 saturated heterocycles. The minimum absolute atomic E-state index is 0.0119. The minimum Gasteiger partial charge on any atom is -0.350 e. The lowest BCUT2D eigenvalue weighted by Crippen LogP contribution is -2.54. The molecule has 0 aromatic heterocycles. The van der Waals surface area contributed by atoms with Crippen LogP contribution in [0.1, 0.15) is 47.0 Å². The first-order valence-electron chi connectivity index (χ1n) is 5.38. The van der Waals surface area contributed by atoms with E-state index >= 15 is 0 Å². The average Bonchev–Trinajstić information content (AvgIpc) is 2.14. The number of amidine groups is 1. The monoisotopic (exact) mass is 259 g/mol. The van der Waals surface area contributed by atoms with Crippen LogP contribution in [0, 0.1) is 6.57 Å². The second kappa shape index (κ2) is 4.95. The summed E-state index contributed by atoms with van der Waals surface area (Å²) in [5.41, 5.74) is 0.185. The maximum Gasteiger partial charge on any atom is 0.350 e. The summed E-state index contributed by atoms with van der Waals surface area (Å²) < 4.78 is 6.29. The molecule has 0 amide bonds. The largest absolute Gasteiger partial charge is 0.350 e. The minimum atomic E-state index is -0.0119. The molecule has 1 heterocycles. The number of piperidine rings is 1. The van der Waals surface area contributed by atoms with E-state index < -0.39 is 0 Å². The van der Waals surface area contributed by atoms with Gasteiger partial charge in [0.25, 0.3) is 0 Å². The number of hydrogen-bond acceptors (Lipinski definition) is 3. The zero-order valence-electron chi connectivity index (χ0n) is 10.2. The molecule has 90 valence electrons. The number of rotatable bonds is 2. The van der Waals surface area contributed by atoms with Gasteiger partial charge in [0.05, 0.1) is 0 Å². The van der Waals surface area contributed by atoms with Crippen LogP contribution >= 0.6 is 23.7 Å².